The molecule has 0 aromatic heterocycles. The summed E-state index contributed by atoms with van der Waals surface area (Å²) in [4.78, 5) is 24.1. The summed E-state index contributed by atoms with van der Waals surface area (Å²) in [7, 11) is 4.15. The van der Waals surface area contributed by atoms with Crippen LogP contribution in [0.25, 0.3) is 0 Å². The molecule has 1 unspecified atom stereocenters. The highest BCUT2D eigenvalue weighted by Gasteiger charge is 2.47. The molecule has 2 N–H and O–H groups in total. The summed E-state index contributed by atoms with van der Waals surface area (Å²) in [6.45, 7) is -0.440. The van der Waals surface area contributed by atoms with Gasteiger partial charge in [0.05, 0.1) is 13.0 Å². The Balaban J connectivity index is 1.69. The second kappa shape index (κ2) is 9.12. The van der Waals surface area contributed by atoms with Gasteiger partial charge in [0.15, 0.2) is 18.1 Å². The molecule has 1 heterocycles. The first-order valence-corrected chi connectivity index (χ1v) is 11.5. The molecule has 1 aliphatic heterocycles. The number of aliphatic carboxylic acids is 2. The van der Waals surface area contributed by atoms with Crippen LogP contribution in [-0.2, 0) is 9.59 Å². The van der Waals surface area contributed by atoms with Gasteiger partial charge in [0, 0.05) is 23.5 Å². The molecule has 0 saturated carbocycles. The number of carboxylic acids is 2. The van der Waals surface area contributed by atoms with Crippen LogP contribution in [0, 0.1) is 5.92 Å². The predicted molar refractivity (Wildman–Crippen MR) is 129 cm³/mol. The van der Waals surface area contributed by atoms with Crippen molar-refractivity contribution in [2.45, 2.75) is 11.8 Å². The van der Waals surface area contributed by atoms with Crippen LogP contribution in [0.5, 0.6) is 23.0 Å². The Morgan fingerprint density at radius 3 is 2.46 bits per heavy atom. The summed E-state index contributed by atoms with van der Waals surface area (Å²) in [6, 6.07) is 16.4. The van der Waals surface area contributed by atoms with Gasteiger partial charge in [0.2, 0.25) is 6.79 Å². The predicted octanol–water partition coefficient (Wildman–Crippen LogP) is 3.37. The Morgan fingerprint density at radius 2 is 1.71 bits per heavy atom. The lowest BCUT2D eigenvalue weighted by atomic mass is 9.79. The number of rotatable bonds is 7. The van der Waals surface area contributed by atoms with Crippen LogP contribution in [0.2, 0.25) is 0 Å². The first kappa shape index (κ1) is 23.0. The first-order chi connectivity index (χ1) is 16.9. The molecule has 3 aromatic rings. The minimum absolute atomic E-state index is 0.123. The average molecular weight is 494 g/mol. The second-order valence-corrected chi connectivity index (χ2v) is 9.07. The summed E-state index contributed by atoms with van der Waals surface area (Å²) in [5, 5.41) is 20.6. The van der Waals surface area contributed by atoms with Crippen LogP contribution >= 0.6 is 9.24 Å². The maximum absolute atomic E-state index is 12.8. The van der Waals surface area contributed by atoms with E-state index in [0.717, 1.165) is 22.0 Å². The van der Waals surface area contributed by atoms with Gasteiger partial charge in [-0.2, -0.15) is 0 Å². The fourth-order valence-corrected chi connectivity index (χ4v) is 5.30. The molecular weight excluding hydrogens is 471 g/mol. The normalized spacial score (nSPS) is 19.8. The zero-order valence-electron chi connectivity index (χ0n) is 18.8. The van der Waals surface area contributed by atoms with Crippen LogP contribution < -0.4 is 24.3 Å². The average Bonchev–Trinajstić information content (AvgIpc) is 3.44. The van der Waals surface area contributed by atoms with Crippen molar-refractivity contribution in [1.29, 1.82) is 0 Å². The smallest absolute Gasteiger partial charge is 0.341 e. The highest BCUT2D eigenvalue weighted by molar-refractivity contribution is 7.27. The number of hydrogen-bond acceptors (Lipinski definition) is 6. The van der Waals surface area contributed by atoms with E-state index in [-0.39, 0.29) is 12.5 Å². The Labute approximate surface area is 203 Å². The van der Waals surface area contributed by atoms with Crippen molar-refractivity contribution in [3.63, 3.8) is 0 Å². The first-order valence-electron chi connectivity index (χ1n) is 10.9. The molecule has 0 radical (unpaired) electrons. The van der Waals surface area contributed by atoms with E-state index in [0.29, 0.717) is 22.8 Å². The van der Waals surface area contributed by atoms with E-state index in [4.69, 9.17) is 18.9 Å². The maximum atomic E-state index is 12.8. The highest BCUT2D eigenvalue weighted by atomic mass is 31.0. The number of hydrogen-bond donors (Lipinski definition) is 2. The van der Waals surface area contributed by atoms with Crippen LogP contribution in [-0.4, -0.2) is 42.7 Å². The molecule has 0 amide bonds. The standard InChI is InChI=1S/C26H23O8P/c1-31-14-3-5-17(20(9-14)32-11-22(27)28)24-18-10-15(35)4-6-16(18)23(25(24)26(29)30)13-2-7-19-21(8-13)34-12-33-19/h2-10,23-25H,11-12,35H2,1H3,(H,27,28)(H,29,30)/t23-,24+,25+/m0/s1. The maximum Gasteiger partial charge on any atom is 0.341 e. The van der Waals surface area contributed by atoms with Crippen molar-refractivity contribution in [3.8, 4) is 23.0 Å². The van der Waals surface area contributed by atoms with Crippen molar-refractivity contribution in [1.82, 2.24) is 0 Å². The Bertz CT molecular complexity index is 1320. The lowest BCUT2D eigenvalue weighted by Crippen LogP contribution is -2.24. The van der Waals surface area contributed by atoms with Crippen molar-refractivity contribution < 1.29 is 38.7 Å². The molecular formula is C26H23O8P. The monoisotopic (exact) mass is 494 g/mol. The van der Waals surface area contributed by atoms with E-state index in [1.165, 1.54) is 7.11 Å². The van der Waals surface area contributed by atoms with E-state index in [9.17, 15) is 19.8 Å². The molecule has 0 spiro atoms. The molecule has 4 atom stereocenters. The van der Waals surface area contributed by atoms with E-state index in [1.54, 1.807) is 24.3 Å². The highest BCUT2D eigenvalue weighted by Crippen LogP contribution is 2.55. The lowest BCUT2D eigenvalue weighted by molar-refractivity contribution is -0.142. The van der Waals surface area contributed by atoms with Gasteiger partial charge in [-0.25, -0.2) is 4.79 Å². The Kier molecular flexibility index (Phi) is 5.99. The van der Waals surface area contributed by atoms with Crippen LogP contribution in [0.3, 0.4) is 0 Å². The van der Waals surface area contributed by atoms with Gasteiger partial charge in [0.25, 0.3) is 0 Å². The van der Waals surface area contributed by atoms with Crippen molar-refractivity contribution in [2.24, 2.45) is 5.92 Å². The number of carbonyl (C=O) groups is 2. The topological polar surface area (TPSA) is 112 Å². The lowest BCUT2D eigenvalue weighted by Gasteiger charge is -2.24. The minimum atomic E-state index is -1.13. The van der Waals surface area contributed by atoms with E-state index in [1.807, 2.05) is 30.3 Å². The summed E-state index contributed by atoms with van der Waals surface area (Å²) >= 11 is 0. The quantitative estimate of drug-likeness (QED) is 0.481. The van der Waals surface area contributed by atoms with Gasteiger partial charge in [-0.15, -0.1) is 9.24 Å². The molecule has 5 rings (SSSR count). The summed E-state index contributed by atoms with van der Waals surface area (Å²) in [6.07, 6.45) is 0. The number of benzene rings is 3. The molecule has 1 aliphatic carbocycles. The van der Waals surface area contributed by atoms with E-state index >= 15 is 0 Å². The van der Waals surface area contributed by atoms with Gasteiger partial charge >= 0.3 is 11.9 Å². The molecule has 180 valence electrons. The van der Waals surface area contributed by atoms with Crippen molar-refractivity contribution in [2.75, 3.05) is 20.5 Å². The third-order valence-electron chi connectivity index (χ3n) is 6.45. The second-order valence-electron chi connectivity index (χ2n) is 8.41. The SMILES string of the molecule is COc1ccc([C@@H]2c3cc(P)ccc3[C@H](c3ccc4c(c3)OCO4)[C@H]2C(=O)O)c(OCC(=O)O)c1. The third-order valence-corrected chi connectivity index (χ3v) is 6.81. The summed E-state index contributed by atoms with van der Waals surface area (Å²) in [5.74, 6) is -2.09. The number of methoxy groups -OCH3 is 1. The summed E-state index contributed by atoms with van der Waals surface area (Å²) in [5.41, 5.74) is 3.10. The molecule has 0 bridgehead atoms. The molecule has 0 saturated heterocycles. The van der Waals surface area contributed by atoms with Crippen LogP contribution in [0.1, 0.15) is 34.1 Å². The van der Waals surface area contributed by atoms with Crippen molar-refractivity contribution >= 4 is 26.5 Å². The van der Waals surface area contributed by atoms with Gasteiger partial charge in [0.1, 0.15) is 11.5 Å². The molecule has 3 aromatic carbocycles. The van der Waals surface area contributed by atoms with Gasteiger partial charge < -0.3 is 29.2 Å². The van der Waals surface area contributed by atoms with Crippen molar-refractivity contribution in [3.05, 3.63) is 76.9 Å². The fourth-order valence-electron chi connectivity index (χ4n) is 5.03. The van der Waals surface area contributed by atoms with Gasteiger partial charge in [-0.1, -0.05) is 30.3 Å². The Hall–Kier alpha value is -3.77. The zero-order valence-corrected chi connectivity index (χ0v) is 19.9. The third kappa shape index (κ3) is 4.15. The van der Waals surface area contributed by atoms with E-state index < -0.39 is 36.3 Å². The van der Waals surface area contributed by atoms with E-state index in [2.05, 4.69) is 9.24 Å². The molecule has 2 aliphatic rings. The molecule has 8 nitrogen and oxygen atoms in total. The number of ether oxygens (including phenoxy) is 4. The zero-order chi connectivity index (χ0) is 24.7. The van der Waals surface area contributed by atoms with Crippen LogP contribution in [0.4, 0.5) is 0 Å². The largest absolute Gasteiger partial charge is 0.497 e. The van der Waals surface area contributed by atoms with Gasteiger partial charge in [-0.3, -0.25) is 4.79 Å². The van der Waals surface area contributed by atoms with Gasteiger partial charge in [-0.05, 0) is 40.2 Å². The number of fused-ring (bicyclic) bond motifs is 2. The molecule has 9 heteroatoms. The fraction of sp³-hybridized carbons (Fsp3) is 0.231. The van der Waals surface area contributed by atoms with Crippen LogP contribution in [0.15, 0.2) is 54.6 Å². The Morgan fingerprint density at radius 1 is 0.943 bits per heavy atom. The molecule has 35 heavy (non-hydrogen) atoms. The summed E-state index contributed by atoms with van der Waals surface area (Å²) < 4.78 is 21.9. The minimum Gasteiger partial charge on any atom is -0.497 e. The number of carboxylic acid groups (broad SMARTS) is 2. The molecule has 0 fully saturated rings.